The third-order valence-corrected chi connectivity index (χ3v) is 3.40. The molecule has 0 aliphatic rings. The van der Waals surface area contributed by atoms with Gasteiger partial charge in [-0.3, -0.25) is 30.3 Å². The molecule has 0 saturated heterocycles. The molecule has 2 aromatic carbocycles. The fraction of sp³-hybridized carbons (Fsp3) is 0. The van der Waals surface area contributed by atoms with Crippen LogP contribution >= 0.6 is 11.6 Å². The van der Waals surface area contributed by atoms with Crippen LogP contribution in [0.3, 0.4) is 0 Å². The summed E-state index contributed by atoms with van der Waals surface area (Å²) < 4.78 is 0. The Balaban J connectivity index is 2.67. The molecule has 0 aliphatic heterocycles. The van der Waals surface area contributed by atoms with E-state index in [2.05, 4.69) is 0 Å². The fourth-order valence-electron chi connectivity index (χ4n) is 1.97. The van der Waals surface area contributed by atoms with Crippen LogP contribution in [0.4, 0.5) is 17.1 Å². The van der Waals surface area contributed by atoms with Gasteiger partial charge in [0.2, 0.25) is 0 Å². The molecule has 0 heterocycles. The van der Waals surface area contributed by atoms with Gasteiger partial charge in [-0.25, -0.2) is 0 Å². The summed E-state index contributed by atoms with van der Waals surface area (Å²) >= 11 is 5.95. The zero-order valence-electron chi connectivity index (χ0n) is 11.8. The smallest absolute Gasteiger partial charge is 0.258 e. The zero-order valence-corrected chi connectivity index (χ0v) is 12.5. The number of hydrogen-bond donors (Lipinski definition) is 0. The van der Waals surface area contributed by atoms with Crippen molar-refractivity contribution in [2.75, 3.05) is 0 Å². The highest BCUT2D eigenvalue weighted by molar-refractivity contribution is 6.32. The molecule has 0 bridgehead atoms. The topological polar surface area (TPSA) is 129 Å². The number of halogens is 1. The van der Waals surface area contributed by atoms with Crippen molar-refractivity contribution in [3.05, 3.63) is 82.9 Å². The standard InChI is InChI=1S/C14H8ClN3O6/c15-12-4-2-1-3-9(12)5-6-11-13(17(21)22)7-10(16(19)20)8-14(11)18(23)24/h1-8H/b6-5+. The first-order valence-corrected chi connectivity index (χ1v) is 6.73. The molecular formula is C14H8ClN3O6. The Hall–Kier alpha value is -3.33. The Bertz CT molecular complexity index is 846. The highest BCUT2D eigenvalue weighted by atomic mass is 35.5. The van der Waals surface area contributed by atoms with Crippen molar-refractivity contribution in [1.29, 1.82) is 0 Å². The summed E-state index contributed by atoms with van der Waals surface area (Å²) in [5.41, 5.74) is -2.07. The number of benzene rings is 2. The van der Waals surface area contributed by atoms with E-state index in [4.69, 9.17) is 11.6 Å². The highest BCUT2D eigenvalue weighted by Crippen LogP contribution is 2.35. The Morgan fingerprint density at radius 3 is 1.83 bits per heavy atom. The molecular weight excluding hydrogens is 342 g/mol. The summed E-state index contributed by atoms with van der Waals surface area (Å²) in [6.45, 7) is 0. The highest BCUT2D eigenvalue weighted by Gasteiger charge is 2.28. The van der Waals surface area contributed by atoms with Gasteiger partial charge >= 0.3 is 0 Å². The van der Waals surface area contributed by atoms with Crippen molar-refractivity contribution in [1.82, 2.24) is 0 Å². The number of nitro groups is 3. The third-order valence-electron chi connectivity index (χ3n) is 3.06. The molecule has 2 rings (SSSR count). The molecule has 0 aromatic heterocycles. The fourth-order valence-corrected chi connectivity index (χ4v) is 2.17. The molecule has 122 valence electrons. The van der Waals surface area contributed by atoms with Crippen molar-refractivity contribution in [2.24, 2.45) is 0 Å². The van der Waals surface area contributed by atoms with Crippen molar-refractivity contribution in [3.63, 3.8) is 0 Å². The van der Waals surface area contributed by atoms with Crippen molar-refractivity contribution >= 4 is 40.8 Å². The average Bonchev–Trinajstić information content (AvgIpc) is 2.53. The van der Waals surface area contributed by atoms with E-state index in [1.807, 2.05) is 0 Å². The predicted molar refractivity (Wildman–Crippen MR) is 86.8 cm³/mol. The lowest BCUT2D eigenvalue weighted by Gasteiger charge is -2.01. The van der Waals surface area contributed by atoms with Crippen LogP contribution in [0.2, 0.25) is 5.02 Å². The van der Waals surface area contributed by atoms with Crippen LogP contribution in [0.15, 0.2) is 36.4 Å². The zero-order chi connectivity index (χ0) is 17.9. The number of nitrogens with zero attached hydrogens (tertiary/aromatic N) is 3. The Kier molecular flexibility index (Phi) is 4.85. The molecule has 0 spiro atoms. The first-order chi connectivity index (χ1) is 11.3. The summed E-state index contributed by atoms with van der Waals surface area (Å²) in [7, 11) is 0. The minimum atomic E-state index is -0.929. The molecule has 10 heteroatoms. The van der Waals surface area contributed by atoms with E-state index in [1.54, 1.807) is 24.3 Å². The number of rotatable bonds is 5. The predicted octanol–water partition coefficient (Wildman–Crippen LogP) is 4.24. The van der Waals surface area contributed by atoms with E-state index < -0.39 is 31.8 Å². The van der Waals surface area contributed by atoms with Gasteiger partial charge in [0, 0.05) is 5.02 Å². The van der Waals surface area contributed by atoms with Crippen LogP contribution < -0.4 is 0 Å². The monoisotopic (exact) mass is 349 g/mol. The number of non-ortho nitro benzene ring substituents is 1. The van der Waals surface area contributed by atoms with E-state index >= 15 is 0 Å². The largest absolute Gasteiger partial charge is 0.290 e. The Labute approximate surface area is 139 Å². The molecule has 0 radical (unpaired) electrons. The van der Waals surface area contributed by atoms with Crippen LogP contribution in [0.5, 0.6) is 0 Å². The molecule has 0 unspecified atom stereocenters. The normalized spacial score (nSPS) is 10.7. The van der Waals surface area contributed by atoms with Gasteiger partial charge < -0.3 is 0 Å². The van der Waals surface area contributed by atoms with Crippen molar-refractivity contribution < 1.29 is 14.8 Å². The lowest BCUT2D eigenvalue weighted by atomic mass is 10.1. The number of hydrogen-bond acceptors (Lipinski definition) is 6. The summed E-state index contributed by atoms with van der Waals surface area (Å²) in [4.78, 5) is 30.4. The molecule has 0 fully saturated rings. The summed E-state index contributed by atoms with van der Waals surface area (Å²) in [6.07, 6.45) is 2.50. The molecule has 0 saturated carbocycles. The van der Waals surface area contributed by atoms with E-state index in [0.29, 0.717) is 22.7 Å². The lowest BCUT2D eigenvalue weighted by molar-refractivity contribution is -0.403. The molecule has 2 aromatic rings. The van der Waals surface area contributed by atoms with Gasteiger partial charge in [-0.1, -0.05) is 35.9 Å². The maximum absolute atomic E-state index is 11.2. The van der Waals surface area contributed by atoms with Crippen LogP contribution in [-0.4, -0.2) is 14.8 Å². The van der Waals surface area contributed by atoms with Crippen molar-refractivity contribution in [3.8, 4) is 0 Å². The lowest BCUT2D eigenvalue weighted by Crippen LogP contribution is -2.00. The van der Waals surface area contributed by atoms with Gasteiger partial charge in [0.05, 0.1) is 26.9 Å². The number of nitro benzene ring substituents is 3. The maximum atomic E-state index is 11.2. The van der Waals surface area contributed by atoms with E-state index in [9.17, 15) is 30.3 Å². The third kappa shape index (κ3) is 3.52. The molecule has 0 amide bonds. The van der Waals surface area contributed by atoms with Gasteiger partial charge in [-0.2, -0.15) is 0 Å². The van der Waals surface area contributed by atoms with Gasteiger partial charge in [0.25, 0.3) is 17.1 Å². The van der Waals surface area contributed by atoms with Gasteiger partial charge in [0.15, 0.2) is 0 Å². The van der Waals surface area contributed by atoms with Gasteiger partial charge in [-0.15, -0.1) is 0 Å². The minimum absolute atomic E-state index is 0.348. The van der Waals surface area contributed by atoms with Crippen LogP contribution in [-0.2, 0) is 0 Å². The average molecular weight is 350 g/mol. The van der Waals surface area contributed by atoms with Crippen LogP contribution in [0, 0.1) is 30.3 Å². The second-order valence-electron chi connectivity index (χ2n) is 4.52. The second kappa shape index (κ2) is 6.84. The SMILES string of the molecule is O=[N+]([O-])c1cc([N+](=O)[O-])c(/C=C/c2ccccc2Cl)c([N+](=O)[O-])c1. The first kappa shape index (κ1) is 17.0. The Morgan fingerprint density at radius 1 is 0.833 bits per heavy atom. The summed E-state index contributed by atoms with van der Waals surface area (Å²) in [5, 5.41) is 33.5. The quantitative estimate of drug-likeness (QED) is 0.451. The van der Waals surface area contributed by atoms with Crippen LogP contribution in [0.1, 0.15) is 11.1 Å². The molecule has 0 atom stereocenters. The van der Waals surface area contributed by atoms with Crippen LogP contribution in [0.25, 0.3) is 12.2 Å². The molecule has 9 nitrogen and oxygen atoms in total. The second-order valence-corrected chi connectivity index (χ2v) is 4.93. The minimum Gasteiger partial charge on any atom is -0.258 e. The van der Waals surface area contributed by atoms with Gasteiger partial charge in [0.1, 0.15) is 5.56 Å². The summed E-state index contributed by atoms with van der Waals surface area (Å²) in [5.74, 6) is 0. The molecule has 0 aliphatic carbocycles. The van der Waals surface area contributed by atoms with E-state index in [1.165, 1.54) is 6.08 Å². The molecule has 0 N–H and O–H groups in total. The van der Waals surface area contributed by atoms with E-state index in [0.717, 1.165) is 6.08 Å². The Morgan fingerprint density at radius 2 is 1.38 bits per heavy atom. The van der Waals surface area contributed by atoms with Gasteiger partial charge in [-0.05, 0) is 17.7 Å². The molecule has 24 heavy (non-hydrogen) atoms. The first-order valence-electron chi connectivity index (χ1n) is 6.35. The maximum Gasteiger partial charge on any atom is 0.290 e. The van der Waals surface area contributed by atoms with E-state index in [-0.39, 0.29) is 5.56 Å². The van der Waals surface area contributed by atoms with Crippen molar-refractivity contribution in [2.45, 2.75) is 0 Å². The summed E-state index contributed by atoms with van der Waals surface area (Å²) in [6, 6.07) is 7.90.